The van der Waals surface area contributed by atoms with Crippen LogP contribution in [0.3, 0.4) is 0 Å². The summed E-state index contributed by atoms with van der Waals surface area (Å²) in [7, 11) is 1.75. The van der Waals surface area contributed by atoms with Crippen LogP contribution in [0.4, 0.5) is 0 Å². The first-order valence-corrected chi connectivity index (χ1v) is 7.31. The van der Waals surface area contributed by atoms with Crippen LogP contribution < -0.4 is 5.32 Å². The highest BCUT2D eigenvalue weighted by atomic mass is 16.5. The van der Waals surface area contributed by atoms with Crippen LogP contribution in [0.1, 0.15) is 20.3 Å². The van der Waals surface area contributed by atoms with E-state index >= 15 is 0 Å². The molecule has 2 N–H and O–H groups in total. The van der Waals surface area contributed by atoms with Gasteiger partial charge in [-0.25, -0.2) is 0 Å². The summed E-state index contributed by atoms with van der Waals surface area (Å²) in [5, 5.41) is 11.9. The van der Waals surface area contributed by atoms with Gasteiger partial charge in [0.1, 0.15) is 0 Å². The summed E-state index contributed by atoms with van der Waals surface area (Å²) < 4.78 is 10.6. The van der Waals surface area contributed by atoms with Crippen molar-refractivity contribution in [1.29, 1.82) is 0 Å². The minimum absolute atomic E-state index is 0.113. The Labute approximate surface area is 125 Å². The second-order valence-corrected chi connectivity index (χ2v) is 5.59. The van der Waals surface area contributed by atoms with Crippen molar-refractivity contribution in [1.82, 2.24) is 10.2 Å². The van der Waals surface area contributed by atoms with Crippen molar-refractivity contribution in [3.8, 4) is 0 Å². The fraction of sp³-hybridized carbons (Fsp3) is 0.857. The number of ether oxygens (including phenoxy) is 2. The summed E-state index contributed by atoms with van der Waals surface area (Å²) in [5.41, 5.74) is 0. The summed E-state index contributed by atoms with van der Waals surface area (Å²) in [6.07, 6.45) is 0.958. The molecular formula is C14H26N2O5. The lowest BCUT2D eigenvalue weighted by Gasteiger charge is -2.25. The van der Waals surface area contributed by atoms with Crippen molar-refractivity contribution in [3.63, 3.8) is 0 Å². The van der Waals surface area contributed by atoms with Gasteiger partial charge in [0.2, 0.25) is 5.91 Å². The summed E-state index contributed by atoms with van der Waals surface area (Å²) in [5.74, 6) is -1.56. The van der Waals surface area contributed by atoms with Crippen LogP contribution in [0.15, 0.2) is 0 Å². The monoisotopic (exact) mass is 302 g/mol. The van der Waals surface area contributed by atoms with Gasteiger partial charge in [-0.05, 0) is 27.3 Å². The zero-order chi connectivity index (χ0) is 15.8. The van der Waals surface area contributed by atoms with Crippen LogP contribution >= 0.6 is 0 Å². The third-order valence-corrected chi connectivity index (χ3v) is 3.42. The number of carboxylic acid groups (broad SMARTS) is 1. The third kappa shape index (κ3) is 6.41. The second-order valence-electron chi connectivity index (χ2n) is 5.59. The van der Waals surface area contributed by atoms with E-state index < -0.39 is 11.9 Å². The van der Waals surface area contributed by atoms with E-state index in [1.165, 1.54) is 0 Å². The van der Waals surface area contributed by atoms with Crippen molar-refractivity contribution in [2.24, 2.45) is 5.92 Å². The zero-order valence-corrected chi connectivity index (χ0v) is 13.0. The number of rotatable bonds is 9. The fourth-order valence-corrected chi connectivity index (χ4v) is 2.23. The molecule has 0 radical (unpaired) electrons. The molecule has 1 aliphatic rings. The molecular weight excluding hydrogens is 276 g/mol. The quantitative estimate of drug-likeness (QED) is 0.581. The van der Waals surface area contributed by atoms with Crippen molar-refractivity contribution < 1.29 is 24.2 Å². The van der Waals surface area contributed by atoms with Crippen LogP contribution in [0, 0.1) is 5.92 Å². The van der Waals surface area contributed by atoms with Gasteiger partial charge in [0.05, 0.1) is 31.8 Å². The maximum atomic E-state index is 11.8. The maximum Gasteiger partial charge on any atom is 0.310 e. The minimum Gasteiger partial charge on any atom is -0.481 e. The van der Waals surface area contributed by atoms with Crippen LogP contribution in [0.2, 0.25) is 0 Å². The number of hydrogen-bond acceptors (Lipinski definition) is 5. The molecule has 1 heterocycles. The van der Waals surface area contributed by atoms with Crippen LogP contribution in [0.5, 0.6) is 0 Å². The van der Waals surface area contributed by atoms with Gasteiger partial charge < -0.3 is 19.9 Å². The Hall–Kier alpha value is -1.18. The fourth-order valence-electron chi connectivity index (χ4n) is 2.23. The molecule has 2 unspecified atom stereocenters. The molecule has 2 atom stereocenters. The highest BCUT2D eigenvalue weighted by molar-refractivity contribution is 5.78. The molecule has 0 aromatic rings. The van der Waals surface area contributed by atoms with Crippen molar-refractivity contribution in [2.75, 3.05) is 40.0 Å². The van der Waals surface area contributed by atoms with E-state index in [0.29, 0.717) is 19.8 Å². The molecule has 1 amide bonds. The molecule has 0 aromatic carbocycles. The molecule has 1 rings (SSSR count). The maximum absolute atomic E-state index is 11.8. The normalized spacial score (nSPS) is 22.0. The van der Waals surface area contributed by atoms with E-state index in [-0.39, 0.29) is 31.2 Å². The SMILES string of the molecule is CC(C)OCCCNC(=O)CN(C)C1COCC1C(=O)O. The van der Waals surface area contributed by atoms with E-state index in [1.54, 1.807) is 11.9 Å². The predicted octanol–water partition coefficient (Wildman–Crippen LogP) is -0.0509. The van der Waals surface area contributed by atoms with Gasteiger partial charge >= 0.3 is 5.97 Å². The lowest BCUT2D eigenvalue weighted by Crippen LogP contribution is -2.45. The number of carbonyl (C=O) groups excluding carboxylic acids is 1. The van der Waals surface area contributed by atoms with Crippen LogP contribution in [0.25, 0.3) is 0 Å². The topological polar surface area (TPSA) is 88.1 Å². The highest BCUT2D eigenvalue weighted by Gasteiger charge is 2.37. The van der Waals surface area contributed by atoms with Gasteiger partial charge in [-0.3, -0.25) is 14.5 Å². The average molecular weight is 302 g/mol. The molecule has 0 spiro atoms. The summed E-state index contributed by atoms with van der Waals surface area (Å²) in [6, 6.07) is -0.252. The van der Waals surface area contributed by atoms with E-state index in [1.807, 2.05) is 13.8 Å². The Balaban J connectivity index is 2.23. The Kier molecular flexibility index (Phi) is 7.63. The van der Waals surface area contributed by atoms with E-state index in [9.17, 15) is 9.59 Å². The van der Waals surface area contributed by atoms with Crippen molar-refractivity contribution in [2.45, 2.75) is 32.4 Å². The highest BCUT2D eigenvalue weighted by Crippen LogP contribution is 2.18. The van der Waals surface area contributed by atoms with E-state index in [4.69, 9.17) is 14.6 Å². The molecule has 1 aliphatic heterocycles. The summed E-state index contributed by atoms with van der Waals surface area (Å²) >= 11 is 0. The molecule has 1 saturated heterocycles. The van der Waals surface area contributed by atoms with Crippen molar-refractivity contribution in [3.05, 3.63) is 0 Å². The minimum atomic E-state index is -0.879. The van der Waals surface area contributed by atoms with Crippen LogP contribution in [-0.2, 0) is 19.1 Å². The molecule has 7 heteroatoms. The first kappa shape index (κ1) is 17.9. The Morgan fingerprint density at radius 2 is 2.14 bits per heavy atom. The molecule has 122 valence electrons. The Morgan fingerprint density at radius 3 is 2.76 bits per heavy atom. The van der Waals surface area contributed by atoms with E-state index in [2.05, 4.69) is 5.32 Å². The smallest absolute Gasteiger partial charge is 0.310 e. The number of nitrogens with one attached hydrogen (secondary N) is 1. The zero-order valence-electron chi connectivity index (χ0n) is 13.0. The number of aliphatic carboxylic acids is 1. The molecule has 7 nitrogen and oxygen atoms in total. The molecule has 1 fully saturated rings. The summed E-state index contributed by atoms with van der Waals surface area (Å²) in [6.45, 7) is 5.84. The third-order valence-electron chi connectivity index (χ3n) is 3.42. The van der Waals surface area contributed by atoms with Crippen LogP contribution in [-0.4, -0.2) is 74.0 Å². The Morgan fingerprint density at radius 1 is 1.43 bits per heavy atom. The first-order valence-electron chi connectivity index (χ1n) is 7.31. The molecule has 0 saturated carbocycles. The molecule has 0 aliphatic carbocycles. The lowest BCUT2D eigenvalue weighted by molar-refractivity contribution is -0.143. The summed E-state index contributed by atoms with van der Waals surface area (Å²) in [4.78, 5) is 24.6. The van der Waals surface area contributed by atoms with Gasteiger partial charge in [-0.2, -0.15) is 0 Å². The molecule has 21 heavy (non-hydrogen) atoms. The van der Waals surface area contributed by atoms with Gasteiger partial charge in [-0.15, -0.1) is 0 Å². The van der Waals surface area contributed by atoms with Gasteiger partial charge in [-0.1, -0.05) is 0 Å². The lowest BCUT2D eigenvalue weighted by atomic mass is 10.0. The number of hydrogen-bond donors (Lipinski definition) is 2. The number of amides is 1. The predicted molar refractivity (Wildman–Crippen MR) is 77.1 cm³/mol. The van der Waals surface area contributed by atoms with Gasteiger partial charge in [0, 0.05) is 19.2 Å². The van der Waals surface area contributed by atoms with Crippen molar-refractivity contribution >= 4 is 11.9 Å². The molecule has 0 bridgehead atoms. The number of carboxylic acids is 1. The largest absolute Gasteiger partial charge is 0.481 e. The first-order chi connectivity index (χ1) is 9.91. The average Bonchev–Trinajstić information content (AvgIpc) is 2.87. The van der Waals surface area contributed by atoms with Gasteiger partial charge in [0.15, 0.2) is 0 Å². The number of carbonyl (C=O) groups is 2. The Bertz CT molecular complexity index is 348. The molecule has 0 aromatic heterocycles. The second kappa shape index (κ2) is 8.96. The standard InChI is InChI=1S/C14H26N2O5/c1-10(2)21-6-4-5-15-13(17)7-16(3)12-9-20-8-11(12)14(18)19/h10-12H,4-9H2,1-3H3,(H,15,17)(H,18,19). The van der Waals surface area contributed by atoms with Gasteiger partial charge in [0.25, 0.3) is 0 Å². The van der Waals surface area contributed by atoms with E-state index in [0.717, 1.165) is 6.42 Å². The number of nitrogens with zero attached hydrogens (tertiary/aromatic N) is 1. The number of likely N-dealkylation sites (N-methyl/N-ethyl adjacent to an activating group) is 1.